The second-order valence-electron chi connectivity index (χ2n) is 7.28. The summed E-state index contributed by atoms with van der Waals surface area (Å²) >= 11 is 5.84. The molecule has 0 aliphatic carbocycles. The van der Waals surface area contributed by atoms with Crippen LogP contribution in [0.15, 0.2) is 24.3 Å². The van der Waals surface area contributed by atoms with Crippen molar-refractivity contribution in [2.24, 2.45) is 0 Å². The van der Waals surface area contributed by atoms with Crippen LogP contribution in [0.25, 0.3) is 0 Å². The minimum atomic E-state index is -0.766. The average Bonchev–Trinajstić information content (AvgIpc) is 2.92. The predicted octanol–water partition coefficient (Wildman–Crippen LogP) is 4.51. The summed E-state index contributed by atoms with van der Waals surface area (Å²) < 4.78 is 5.67. The first-order chi connectivity index (χ1) is 13.5. The molecule has 0 saturated carbocycles. The minimum absolute atomic E-state index is 0.0234. The van der Waals surface area contributed by atoms with Crippen LogP contribution in [0.4, 0.5) is 0 Å². The van der Waals surface area contributed by atoms with E-state index in [4.69, 9.17) is 21.4 Å². The summed E-state index contributed by atoms with van der Waals surface area (Å²) in [5.74, 6) is 0.0121. The van der Waals surface area contributed by atoms with Gasteiger partial charge in [-0.15, -0.1) is 0 Å². The molecule has 7 nitrogen and oxygen atoms in total. The number of aliphatic carboxylic acids is 1. The van der Waals surface area contributed by atoms with Crippen LogP contribution in [0.5, 0.6) is 5.75 Å². The van der Waals surface area contributed by atoms with E-state index in [-0.39, 0.29) is 25.2 Å². The zero-order valence-corrected chi connectivity index (χ0v) is 16.9. The van der Waals surface area contributed by atoms with Crippen molar-refractivity contribution < 1.29 is 19.8 Å². The van der Waals surface area contributed by atoms with Crippen molar-refractivity contribution in [3.8, 4) is 5.75 Å². The number of hydrogen-bond donors (Lipinski definition) is 2. The molecule has 2 atom stereocenters. The highest BCUT2D eigenvalue weighted by molar-refractivity contribution is 6.30. The van der Waals surface area contributed by atoms with E-state index in [1.54, 1.807) is 12.1 Å². The van der Waals surface area contributed by atoms with Crippen LogP contribution < -0.4 is 4.74 Å². The molecule has 8 heteroatoms. The molecule has 1 aliphatic rings. The van der Waals surface area contributed by atoms with Crippen LogP contribution in [0.3, 0.4) is 0 Å². The average molecular weight is 414 g/mol. The monoisotopic (exact) mass is 413 g/mol. The zero-order chi connectivity index (χ0) is 20.4. The smallest absolute Gasteiger partial charge is 0.303 e. The van der Waals surface area contributed by atoms with E-state index in [0.717, 1.165) is 60.8 Å². The highest BCUT2D eigenvalue weighted by Crippen LogP contribution is 2.27. The summed E-state index contributed by atoms with van der Waals surface area (Å²) in [6, 6.07) is 6.86. The Morgan fingerprint density at radius 1 is 1.07 bits per heavy atom. The van der Waals surface area contributed by atoms with E-state index in [0.29, 0.717) is 18.1 Å². The predicted molar refractivity (Wildman–Crippen MR) is 107 cm³/mol. The number of rotatable bonds is 13. The summed E-state index contributed by atoms with van der Waals surface area (Å²) in [5.41, 5.74) is 0. The number of unbranched alkanes of at least 4 members (excludes halogenated alkanes) is 4. The first-order valence-corrected chi connectivity index (χ1v) is 10.3. The van der Waals surface area contributed by atoms with Crippen LogP contribution in [-0.2, 0) is 4.79 Å². The number of benzene rings is 1. The number of ether oxygens (including phenoxy) is 1. The van der Waals surface area contributed by atoms with Crippen LogP contribution in [-0.4, -0.2) is 51.8 Å². The lowest BCUT2D eigenvalue weighted by Crippen LogP contribution is -2.35. The highest BCUT2D eigenvalue weighted by atomic mass is 35.5. The summed E-state index contributed by atoms with van der Waals surface area (Å²) in [7, 11) is 0. The van der Waals surface area contributed by atoms with Gasteiger partial charge in [0.1, 0.15) is 5.75 Å². The number of carbonyl (C=O) groups is 1. The molecule has 1 heterocycles. The van der Waals surface area contributed by atoms with Crippen LogP contribution in [0.2, 0.25) is 5.02 Å². The van der Waals surface area contributed by atoms with Crippen molar-refractivity contribution in [3.63, 3.8) is 0 Å². The molecule has 158 valence electrons. The SMILES string of the molecule is O=C(O)CCCCCCC1C(CCCCOc2ccc(Cl)cc2)N(O)CN1[O-]. The van der Waals surface area contributed by atoms with E-state index >= 15 is 0 Å². The molecular weight excluding hydrogens is 384 g/mol. The van der Waals surface area contributed by atoms with E-state index < -0.39 is 5.97 Å². The molecule has 1 fully saturated rings. The molecular formula is C20H30ClN2O5-. The molecule has 0 aromatic heterocycles. The van der Waals surface area contributed by atoms with Crippen molar-refractivity contribution in [2.75, 3.05) is 13.3 Å². The van der Waals surface area contributed by atoms with Crippen molar-refractivity contribution in [3.05, 3.63) is 34.5 Å². The van der Waals surface area contributed by atoms with Crippen molar-refractivity contribution in [2.45, 2.75) is 69.9 Å². The van der Waals surface area contributed by atoms with E-state index in [9.17, 15) is 15.2 Å². The number of hydroxylamine groups is 4. The van der Waals surface area contributed by atoms with Gasteiger partial charge in [0, 0.05) is 17.5 Å². The summed E-state index contributed by atoms with van der Waals surface area (Å²) in [5, 5.41) is 33.6. The van der Waals surface area contributed by atoms with Gasteiger partial charge in [0.25, 0.3) is 0 Å². The molecule has 2 rings (SSSR count). The van der Waals surface area contributed by atoms with Gasteiger partial charge in [0.05, 0.1) is 19.3 Å². The van der Waals surface area contributed by atoms with Gasteiger partial charge in [0.15, 0.2) is 0 Å². The topological polar surface area (TPSA) is 96.3 Å². The number of nitrogens with zero attached hydrogens (tertiary/aromatic N) is 2. The number of carboxylic acid groups (broad SMARTS) is 1. The fraction of sp³-hybridized carbons (Fsp3) is 0.650. The maximum atomic E-state index is 12.1. The summed E-state index contributed by atoms with van der Waals surface area (Å²) in [6.07, 6.45) is 6.66. The van der Waals surface area contributed by atoms with Gasteiger partial charge in [-0.1, -0.05) is 30.9 Å². The Labute approximate surface area is 171 Å². The zero-order valence-electron chi connectivity index (χ0n) is 16.1. The Morgan fingerprint density at radius 3 is 2.43 bits per heavy atom. The molecule has 0 bridgehead atoms. The highest BCUT2D eigenvalue weighted by Gasteiger charge is 2.33. The van der Waals surface area contributed by atoms with Crippen LogP contribution in [0, 0.1) is 5.21 Å². The molecule has 0 radical (unpaired) electrons. The molecule has 1 aliphatic heterocycles. The molecule has 1 saturated heterocycles. The normalized spacial score (nSPS) is 20.5. The van der Waals surface area contributed by atoms with Crippen molar-refractivity contribution in [1.82, 2.24) is 10.1 Å². The van der Waals surface area contributed by atoms with E-state index in [1.165, 1.54) is 0 Å². The largest absolute Gasteiger partial charge is 0.784 e. The second-order valence-corrected chi connectivity index (χ2v) is 7.71. The van der Waals surface area contributed by atoms with Gasteiger partial charge in [-0.25, -0.2) is 0 Å². The lowest BCUT2D eigenvalue weighted by atomic mass is 9.97. The number of carboxylic acids is 1. The van der Waals surface area contributed by atoms with Crippen molar-refractivity contribution >= 4 is 17.6 Å². The standard InChI is InChI=1S/C20H30ClN2O5/c21-16-10-12-17(13-11-16)28-14-6-5-8-19-18(22(26)15-23(19)27)7-3-1-2-4-9-20(24)25/h10-13,18-19,27H,1-9,14-15H2,(H,24,25)/q-1. The fourth-order valence-electron chi connectivity index (χ4n) is 3.58. The third-order valence-corrected chi connectivity index (χ3v) is 5.35. The van der Waals surface area contributed by atoms with Gasteiger partial charge in [-0.3, -0.25) is 4.79 Å². The van der Waals surface area contributed by atoms with Gasteiger partial charge in [-0.2, -0.15) is 5.06 Å². The Bertz CT molecular complexity index is 586. The quantitative estimate of drug-likeness (QED) is 0.459. The summed E-state index contributed by atoms with van der Waals surface area (Å²) in [4.78, 5) is 10.5. The van der Waals surface area contributed by atoms with E-state index in [2.05, 4.69) is 0 Å². The molecule has 2 unspecified atom stereocenters. The van der Waals surface area contributed by atoms with Gasteiger partial charge < -0.3 is 25.3 Å². The number of hydrogen-bond acceptors (Lipinski definition) is 6. The maximum Gasteiger partial charge on any atom is 0.303 e. The van der Waals surface area contributed by atoms with Crippen LogP contribution >= 0.6 is 11.6 Å². The summed E-state index contributed by atoms with van der Waals surface area (Å²) in [6.45, 7) is 0.602. The molecule has 0 amide bonds. The molecule has 1 aromatic carbocycles. The maximum absolute atomic E-state index is 12.1. The molecule has 0 spiro atoms. The lowest BCUT2D eigenvalue weighted by Gasteiger charge is -2.31. The fourth-order valence-corrected chi connectivity index (χ4v) is 3.71. The van der Waals surface area contributed by atoms with Gasteiger partial charge >= 0.3 is 5.97 Å². The van der Waals surface area contributed by atoms with Gasteiger partial charge in [0.2, 0.25) is 0 Å². The second kappa shape index (κ2) is 12.2. The molecule has 28 heavy (non-hydrogen) atoms. The molecule has 2 N–H and O–H groups in total. The first kappa shape index (κ1) is 22.9. The minimum Gasteiger partial charge on any atom is -0.784 e. The molecule has 1 aromatic rings. The van der Waals surface area contributed by atoms with E-state index in [1.807, 2.05) is 12.1 Å². The Kier molecular flexibility index (Phi) is 10.0. The Morgan fingerprint density at radius 2 is 1.71 bits per heavy atom. The van der Waals surface area contributed by atoms with Gasteiger partial charge in [-0.05, 0) is 56.4 Å². The third kappa shape index (κ3) is 7.93. The Balaban J connectivity index is 1.63. The van der Waals surface area contributed by atoms with Crippen LogP contribution in [0.1, 0.15) is 57.8 Å². The lowest BCUT2D eigenvalue weighted by molar-refractivity contribution is -0.137. The third-order valence-electron chi connectivity index (χ3n) is 5.10. The number of halogens is 1. The van der Waals surface area contributed by atoms with Crippen molar-refractivity contribution in [1.29, 1.82) is 0 Å². The first-order valence-electron chi connectivity index (χ1n) is 9.97. The Hall–Kier alpha value is -1.38.